The van der Waals surface area contributed by atoms with Gasteiger partial charge in [0.25, 0.3) is 0 Å². The summed E-state index contributed by atoms with van der Waals surface area (Å²) < 4.78 is 24.3. The van der Waals surface area contributed by atoms with Gasteiger partial charge in [-0.1, -0.05) is 0 Å². The van der Waals surface area contributed by atoms with Gasteiger partial charge in [-0.3, -0.25) is 9.52 Å². The van der Waals surface area contributed by atoms with Gasteiger partial charge >= 0.3 is 0 Å². The maximum Gasteiger partial charge on any atom is 0.238 e. The summed E-state index contributed by atoms with van der Waals surface area (Å²) >= 11 is 0. The third-order valence-corrected chi connectivity index (χ3v) is 3.77. The molecule has 14 heavy (non-hydrogen) atoms. The highest BCUT2D eigenvalue weighted by atomic mass is 32.2. The number of carbonyl (C=O) groups excluding carboxylic acids is 1. The molecule has 0 aromatic heterocycles. The van der Waals surface area contributed by atoms with Gasteiger partial charge < -0.3 is 5.32 Å². The molecule has 0 aliphatic carbocycles. The van der Waals surface area contributed by atoms with Gasteiger partial charge in [-0.25, -0.2) is 8.42 Å². The Hall–Kier alpha value is -0.620. The van der Waals surface area contributed by atoms with Crippen LogP contribution in [0.5, 0.6) is 0 Å². The zero-order chi connectivity index (χ0) is 10.8. The molecule has 1 amide bonds. The summed E-state index contributed by atoms with van der Waals surface area (Å²) in [4.78, 5) is 11.5. The summed E-state index contributed by atoms with van der Waals surface area (Å²) in [6.45, 7) is 4.16. The molecule has 0 bridgehead atoms. The predicted molar refractivity (Wildman–Crippen MR) is 53.2 cm³/mol. The average molecular weight is 220 g/mol. The molecular weight excluding hydrogens is 204 g/mol. The molecule has 1 saturated heterocycles. The zero-order valence-electron chi connectivity index (χ0n) is 8.41. The van der Waals surface area contributed by atoms with Gasteiger partial charge in [0.1, 0.15) is 0 Å². The lowest BCUT2D eigenvalue weighted by molar-refractivity contribution is -0.123. The van der Waals surface area contributed by atoms with Crippen molar-refractivity contribution in [1.82, 2.24) is 10.0 Å². The van der Waals surface area contributed by atoms with Gasteiger partial charge in [0.15, 0.2) is 0 Å². The second kappa shape index (κ2) is 4.27. The SMILES string of the molecule is CCS(=O)(=O)NC(=O)C1CCNC1C. The number of nitrogens with one attached hydrogen (secondary N) is 2. The lowest BCUT2D eigenvalue weighted by Gasteiger charge is -2.14. The van der Waals surface area contributed by atoms with Gasteiger partial charge in [-0.2, -0.15) is 0 Å². The topological polar surface area (TPSA) is 75.3 Å². The third-order valence-electron chi connectivity index (χ3n) is 2.50. The van der Waals surface area contributed by atoms with Crippen LogP contribution in [0.1, 0.15) is 20.3 Å². The molecule has 2 N–H and O–H groups in total. The zero-order valence-corrected chi connectivity index (χ0v) is 9.23. The highest BCUT2D eigenvalue weighted by molar-refractivity contribution is 7.90. The van der Waals surface area contributed by atoms with Crippen LogP contribution in [0.4, 0.5) is 0 Å². The molecule has 6 heteroatoms. The fraction of sp³-hybridized carbons (Fsp3) is 0.875. The monoisotopic (exact) mass is 220 g/mol. The summed E-state index contributed by atoms with van der Waals surface area (Å²) in [6.07, 6.45) is 0.701. The molecule has 0 spiro atoms. The van der Waals surface area contributed by atoms with Crippen molar-refractivity contribution in [2.75, 3.05) is 12.3 Å². The van der Waals surface area contributed by atoms with E-state index < -0.39 is 10.0 Å². The smallest absolute Gasteiger partial charge is 0.238 e. The first kappa shape index (κ1) is 11.5. The summed E-state index contributed by atoms with van der Waals surface area (Å²) in [5, 5.41) is 3.10. The molecule has 1 aliphatic rings. The Labute approximate surface area is 84.3 Å². The Morgan fingerprint density at radius 2 is 2.21 bits per heavy atom. The molecular formula is C8H16N2O3S. The fourth-order valence-corrected chi connectivity index (χ4v) is 2.12. The van der Waals surface area contributed by atoms with Crippen molar-refractivity contribution in [3.8, 4) is 0 Å². The van der Waals surface area contributed by atoms with Crippen LogP contribution in [-0.2, 0) is 14.8 Å². The summed E-state index contributed by atoms with van der Waals surface area (Å²) in [7, 11) is -3.41. The van der Waals surface area contributed by atoms with Crippen LogP contribution in [-0.4, -0.2) is 32.7 Å². The average Bonchev–Trinajstić information content (AvgIpc) is 2.51. The lowest BCUT2D eigenvalue weighted by Crippen LogP contribution is -2.40. The third kappa shape index (κ3) is 2.68. The first-order chi connectivity index (χ1) is 6.46. The Morgan fingerprint density at radius 3 is 2.64 bits per heavy atom. The highest BCUT2D eigenvalue weighted by Gasteiger charge is 2.31. The molecule has 2 unspecified atom stereocenters. The van der Waals surface area contributed by atoms with E-state index in [2.05, 4.69) is 10.0 Å². The van der Waals surface area contributed by atoms with Crippen molar-refractivity contribution in [3.63, 3.8) is 0 Å². The first-order valence-corrected chi connectivity index (χ1v) is 6.39. The van der Waals surface area contributed by atoms with Gasteiger partial charge in [-0.15, -0.1) is 0 Å². The number of hydrogen-bond donors (Lipinski definition) is 2. The van der Waals surface area contributed by atoms with Crippen molar-refractivity contribution in [3.05, 3.63) is 0 Å². The molecule has 1 heterocycles. The number of rotatable bonds is 3. The van der Waals surface area contributed by atoms with E-state index in [1.165, 1.54) is 6.92 Å². The number of hydrogen-bond acceptors (Lipinski definition) is 4. The van der Waals surface area contributed by atoms with Crippen LogP contribution in [0.2, 0.25) is 0 Å². The van der Waals surface area contributed by atoms with Crippen molar-refractivity contribution in [1.29, 1.82) is 0 Å². The van der Waals surface area contributed by atoms with E-state index in [1.807, 2.05) is 6.92 Å². The van der Waals surface area contributed by atoms with Crippen molar-refractivity contribution in [2.24, 2.45) is 5.92 Å². The fourth-order valence-electron chi connectivity index (χ4n) is 1.52. The molecule has 1 fully saturated rings. The van der Waals surface area contributed by atoms with Crippen molar-refractivity contribution >= 4 is 15.9 Å². The molecule has 1 aliphatic heterocycles. The normalized spacial score (nSPS) is 27.6. The number of amides is 1. The van der Waals surface area contributed by atoms with E-state index in [-0.39, 0.29) is 23.6 Å². The minimum Gasteiger partial charge on any atom is -0.313 e. The standard InChI is InChI=1S/C8H16N2O3S/c1-3-14(12,13)10-8(11)7-4-5-9-6(7)2/h6-7,9H,3-5H2,1-2H3,(H,10,11). The van der Waals surface area contributed by atoms with Crippen molar-refractivity contribution < 1.29 is 13.2 Å². The van der Waals surface area contributed by atoms with E-state index >= 15 is 0 Å². The van der Waals surface area contributed by atoms with Crippen LogP contribution in [0, 0.1) is 5.92 Å². The first-order valence-electron chi connectivity index (χ1n) is 4.74. The van der Waals surface area contributed by atoms with Crippen LogP contribution < -0.4 is 10.0 Å². The minimum atomic E-state index is -3.41. The second-order valence-corrected chi connectivity index (χ2v) is 5.52. The van der Waals surface area contributed by atoms with Crippen LogP contribution in [0.15, 0.2) is 0 Å². The molecule has 5 nitrogen and oxygen atoms in total. The molecule has 0 aromatic carbocycles. The van der Waals surface area contributed by atoms with E-state index in [4.69, 9.17) is 0 Å². The Balaban J connectivity index is 2.58. The van der Waals surface area contributed by atoms with Gasteiger partial charge in [0, 0.05) is 6.04 Å². The van der Waals surface area contributed by atoms with Crippen molar-refractivity contribution in [2.45, 2.75) is 26.3 Å². The number of sulfonamides is 1. The van der Waals surface area contributed by atoms with Gasteiger partial charge in [0.05, 0.1) is 11.7 Å². The van der Waals surface area contributed by atoms with E-state index in [0.717, 1.165) is 6.54 Å². The van der Waals surface area contributed by atoms with E-state index in [9.17, 15) is 13.2 Å². The summed E-state index contributed by atoms with van der Waals surface area (Å²) in [5.74, 6) is -0.673. The molecule has 0 aromatic rings. The Bertz CT molecular complexity index is 313. The molecule has 1 rings (SSSR count). The molecule has 0 saturated carbocycles. The Morgan fingerprint density at radius 1 is 1.57 bits per heavy atom. The predicted octanol–water partition coefficient (Wildman–Crippen LogP) is -0.550. The lowest BCUT2D eigenvalue weighted by atomic mass is 10.0. The van der Waals surface area contributed by atoms with Crippen LogP contribution in [0.25, 0.3) is 0 Å². The quantitative estimate of drug-likeness (QED) is 0.669. The van der Waals surface area contributed by atoms with E-state index in [1.54, 1.807) is 0 Å². The minimum absolute atomic E-state index is 0.0575. The Kier molecular flexibility index (Phi) is 3.49. The van der Waals surface area contributed by atoms with Crippen LogP contribution >= 0.6 is 0 Å². The van der Waals surface area contributed by atoms with Crippen LogP contribution in [0.3, 0.4) is 0 Å². The number of carbonyl (C=O) groups is 1. The maximum atomic E-state index is 11.5. The maximum absolute atomic E-state index is 11.5. The van der Waals surface area contributed by atoms with Gasteiger partial charge in [-0.05, 0) is 26.8 Å². The molecule has 2 atom stereocenters. The second-order valence-electron chi connectivity index (χ2n) is 3.51. The largest absolute Gasteiger partial charge is 0.313 e. The summed E-state index contributed by atoms with van der Waals surface area (Å²) in [6, 6.07) is 0.0575. The van der Waals surface area contributed by atoms with E-state index in [0.29, 0.717) is 6.42 Å². The highest BCUT2D eigenvalue weighted by Crippen LogP contribution is 2.15. The van der Waals surface area contributed by atoms with Gasteiger partial charge in [0.2, 0.25) is 15.9 Å². The molecule has 82 valence electrons. The summed E-state index contributed by atoms with van der Waals surface area (Å²) in [5.41, 5.74) is 0. The molecule has 0 radical (unpaired) electrons.